The summed E-state index contributed by atoms with van der Waals surface area (Å²) in [4.78, 5) is 39.0. The predicted molar refractivity (Wildman–Crippen MR) is 103 cm³/mol. The van der Waals surface area contributed by atoms with E-state index in [4.69, 9.17) is 16.3 Å². The van der Waals surface area contributed by atoms with Gasteiger partial charge < -0.3 is 10.1 Å². The van der Waals surface area contributed by atoms with E-state index >= 15 is 0 Å². The minimum atomic E-state index is -0.378. The molecular formula is C21H19ClN2O4. The molecule has 28 heavy (non-hydrogen) atoms. The number of nitrogens with one attached hydrogen (secondary N) is 1. The average Bonchev–Trinajstić information content (AvgIpc) is 3.30. The molecule has 1 fully saturated rings. The van der Waals surface area contributed by atoms with E-state index in [1.807, 2.05) is 18.2 Å². The Bertz CT molecular complexity index is 953. The number of ether oxygens (including phenoxy) is 1. The summed E-state index contributed by atoms with van der Waals surface area (Å²) >= 11 is 6.10. The minimum Gasteiger partial charge on any atom is -0.376 e. The van der Waals surface area contributed by atoms with Crippen molar-refractivity contribution in [3.63, 3.8) is 0 Å². The van der Waals surface area contributed by atoms with Crippen LogP contribution in [0.25, 0.3) is 0 Å². The second-order valence-electron chi connectivity index (χ2n) is 6.89. The van der Waals surface area contributed by atoms with Gasteiger partial charge in [0.05, 0.1) is 23.8 Å². The Morgan fingerprint density at radius 1 is 1.14 bits per heavy atom. The van der Waals surface area contributed by atoms with Gasteiger partial charge in [-0.05, 0) is 42.7 Å². The van der Waals surface area contributed by atoms with Crippen LogP contribution >= 0.6 is 11.6 Å². The molecule has 2 aliphatic rings. The van der Waals surface area contributed by atoms with Crippen molar-refractivity contribution in [3.05, 3.63) is 69.7 Å². The number of halogens is 1. The maximum absolute atomic E-state index is 12.7. The molecule has 0 saturated carbocycles. The number of hydrogen-bond acceptors (Lipinski definition) is 4. The van der Waals surface area contributed by atoms with Gasteiger partial charge in [0.25, 0.3) is 17.7 Å². The Morgan fingerprint density at radius 3 is 2.68 bits per heavy atom. The Kier molecular flexibility index (Phi) is 5.15. The SMILES string of the molecule is O=C(NCc1ccccc1Cl)c1ccc2c(c1)C(=O)N(CC1CCCO1)C2=O. The number of carbonyl (C=O) groups excluding carboxylic acids is 3. The summed E-state index contributed by atoms with van der Waals surface area (Å²) < 4.78 is 5.53. The van der Waals surface area contributed by atoms with E-state index in [0.717, 1.165) is 18.4 Å². The van der Waals surface area contributed by atoms with Crippen LogP contribution in [0.5, 0.6) is 0 Å². The van der Waals surface area contributed by atoms with Gasteiger partial charge in [-0.15, -0.1) is 0 Å². The number of nitrogens with zero attached hydrogens (tertiary/aromatic N) is 1. The van der Waals surface area contributed by atoms with Crippen molar-refractivity contribution in [2.75, 3.05) is 13.2 Å². The van der Waals surface area contributed by atoms with Crippen LogP contribution in [0, 0.1) is 0 Å². The van der Waals surface area contributed by atoms with Gasteiger partial charge in [0, 0.05) is 23.7 Å². The molecule has 2 heterocycles. The van der Waals surface area contributed by atoms with Crippen LogP contribution in [0.1, 0.15) is 49.5 Å². The summed E-state index contributed by atoms with van der Waals surface area (Å²) in [5.74, 6) is -1.05. The zero-order valence-electron chi connectivity index (χ0n) is 15.1. The average molecular weight is 399 g/mol. The molecule has 0 aliphatic carbocycles. The number of carbonyl (C=O) groups is 3. The third-order valence-corrected chi connectivity index (χ3v) is 5.41. The largest absolute Gasteiger partial charge is 0.376 e. The van der Waals surface area contributed by atoms with Gasteiger partial charge in [0.1, 0.15) is 0 Å². The zero-order valence-corrected chi connectivity index (χ0v) is 15.9. The first-order chi connectivity index (χ1) is 13.5. The summed E-state index contributed by atoms with van der Waals surface area (Å²) in [7, 11) is 0. The van der Waals surface area contributed by atoms with Gasteiger partial charge in [-0.25, -0.2) is 0 Å². The van der Waals surface area contributed by atoms with E-state index in [-0.39, 0.29) is 42.5 Å². The van der Waals surface area contributed by atoms with E-state index in [1.54, 1.807) is 12.1 Å². The first kappa shape index (κ1) is 18.7. The molecule has 1 unspecified atom stereocenters. The fourth-order valence-corrected chi connectivity index (χ4v) is 3.71. The Balaban J connectivity index is 1.48. The molecule has 2 aromatic rings. The fourth-order valence-electron chi connectivity index (χ4n) is 3.51. The van der Waals surface area contributed by atoms with Gasteiger partial charge in [0.2, 0.25) is 0 Å². The molecule has 0 radical (unpaired) electrons. The van der Waals surface area contributed by atoms with Crippen LogP contribution in [0.2, 0.25) is 5.02 Å². The number of amides is 3. The van der Waals surface area contributed by atoms with Crippen molar-refractivity contribution in [1.82, 2.24) is 10.2 Å². The highest BCUT2D eigenvalue weighted by Crippen LogP contribution is 2.26. The number of imide groups is 1. The second-order valence-corrected chi connectivity index (χ2v) is 7.30. The zero-order chi connectivity index (χ0) is 19.7. The molecule has 2 aliphatic heterocycles. The number of hydrogen-bond donors (Lipinski definition) is 1. The molecule has 4 rings (SSSR count). The van der Waals surface area contributed by atoms with E-state index < -0.39 is 0 Å². The van der Waals surface area contributed by atoms with Gasteiger partial charge in [-0.2, -0.15) is 0 Å². The topological polar surface area (TPSA) is 75.7 Å². The predicted octanol–water partition coefficient (Wildman–Crippen LogP) is 3.05. The van der Waals surface area contributed by atoms with Crippen LogP contribution in [-0.4, -0.2) is 41.9 Å². The highest BCUT2D eigenvalue weighted by molar-refractivity contribution is 6.31. The summed E-state index contributed by atoms with van der Waals surface area (Å²) in [5, 5.41) is 3.36. The van der Waals surface area contributed by atoms with Crippen LogP contribution in [0.4, 0.5) is 0 Å². The van der Waals surface area contributed by atoms with Gasteiger partial charge >= 0.3 is 0 Å². The quantitative estimate of drug-likeness (QED) is 0.785. The molecule has 0 bridgehead atoms. The third kappa shape index (κ3) is 3.53. The van der Waals surface area contributed by atoms with Crippen molar-refractivity contribution in [1.29, 1.82) is 0 Å². The third-order valence-electron chi connectivity index (χ3n) is 5.04. The maximum atomic E-state index is 12.7. The van der Waals surface area contributed by atoms with Crippen LogP contribution in [0.15, 0.2) is 42.5 Å². The van der Waals surface area contributed by atoms with Gasteiger partial charge in [0.15, 0.2) is 0 Å². The summed E-state index contributed by atoms with van der Waals surface area (Å²) in [6, 6.07) is 11.8. The first-order valence-corrected chi connectivity index (χ1v) is 9.56. The monoisotopic (exact) mass is 398 g/mol. The van der Waals surface area contributed by atoms with E-state index in [0.29, 0.717) is 22.8 Å². The molecule has 7 heteroatoms. The molecule has 1 N–H and O–H groups in total. The molecule has 144 valence electrons. The summed E-state index contributed by atoms with van der Waals surface area (Å²) in [5.41, 5.74) is 1.71. The van der Waals surface area contributed by atoms with Crippen LogP contribution < -0.4 is 5.32 Å². The van der Waals surface area contributed by atoms with Crippen LogP contribution in [0.3, 0.4) is 0 Å². The molecule has 0 spiro atoms. The summed E-state index contributed by atoms with van der Waals surface area (Å²) in [6.07, 6.45) is 1.66. The standard InChI is InChI=1S/C21H19ClN2O4/c22-18-6-2-1-4-14(18)11-23-19(25)13-7-8-16-17(10-13)21(27)24(20(16)26)12-15-5-3-9-28-15/h1-2,4,6-8,10,15H,3,5,9,11-12H2,(H,23,25). The number of rotatable bonds is 5. The lowest BCUT2D eigenvalue weighted by Gasteiger charge is -2.17. The van der Waals surface area contributed by atoms with Crippen LogP contribution in [-0.2, 0) is 11.3 Å². The molecule has 0 aromatic heterocycles. The van der Waals surface area contributed by atoms with E-state index in [2.05, 4.69) is 5.32 Å². The lowest BCUT2D eigenvalue weighted by atomic mass is 10.1. The molecule has 1 saturated heterocycles. The fraction of sp³-hybridized carbons (Fsp3) is 0.286. The second kappa shape index (κ2) is 7.73. The Morgan fingerprint density at radius 2 is 1.93 bits per heavy atom. The molecule has 2 aromatic carbocycles. The molecule has 6 nitrogen and oxygen atoms in total. The molecule has 1 atom stereocenters. The smallest absolute Gasteiger partial charge is 0.261 e. The maximum Gasteiger partial charge on any atom is 0.261 e. The summed E-state index contributed by atoms with van der Waals surface area (Å²) in [6.45, 7) is 1.18. The highest BCUT2D eigenvalue weighted by Gasteiger charge is 2.37. The lowest BCUT2D eigenvalue weighted by Crippen LogP contribution is -2.36. The highest BCUT2D eigenvalue weighted by atomic mass is 35.5. The normalized spacial score (nSPS) is 18.5. The van der Waals surface area contributed by atoms with E-state index in [9.17, 15) is 14.4 Å². The number of benzene rings is 2. The van der Waals surface area contributed by atoms with Crippen molar-refractivity contribution in [2.24, 2.45) is 0 Å². The number of fused-ring (bicyclic) bond motifs is 1. The van der Waals surface area contributed by atoms with Crippen molar-refractivity contribution in [2.45, 2.75) is 25.5 Å². The van der Waals surface area contributed by atoms with Gasteiger partial charge in [-0.3, -0.25) is 19.3 Å². The van der Waals surface area contributed by atoms with Gasteiger partial charge in [-0.1, -0.05) is 29.8 Å². The Labute approximate surface area is 167 Å². The first-order valence-electron chi connectivity index (χ1n) is 9.18. The van der Waals surface area contributed by atoms with Crippen molar-refractivity contribution < 1.29 is 19.1 Å². The van der Waals surface area contributed by atoms with E-state index in [1.165, 1.54) is 17.0 Å². The van der Waals surface area contributed by atoms with Crippen molar-refractivity contribution in [3.8, 4) is 0 Å². The lowest BCUT2D eigenvalue weighted by molar-refractivity contribution is 0.0475. The Hall–Kier alpha value is -2.70. The van der Waals surface area contributed by atoms with Crippen molar-refractivity contribution >= 4 is 29.3 Å². The molecular weight excluding hydrogens is 380 g/mol. The minimum absolute atomic E-state index is 0.111. The molecule has 3 amide bonds.